The summed E-state index contributed by atoms with van der Waals surface area (Å²) in [5.74, 6) is 0.592. The Labute approximate surface area is 172 Å². The van der Waals surface area contributed by atoms with Crippen molar-refractivity contribution < 1.29 is 4.39 Å². The highest BCUT2D eigenvalue weighted by molar-refractivity contribution is 5.53. The van der Waals surface area contributed by atoms with Gasteiger partial charge in [-0.25, -0.2) is 14.1 Å². The smallest absolute Gasteiger partial charge is 0.232 e. The summed E-state index contributed by atoms with van der Waals surface area (Å²) in [5.41, 5.74) is 8.51. The molecule has 0 amide bonds. The van der Waals surface area contributed by atoms with E-state index in [0.29, 0.717) is 24.0 Å². The van der Waals surface area contributed by atoms with Crippen LogP contribution in [0, 0.1) is 5.82 Å². The van der Waals surface area contributed by atoms with Gasteiger partial charge in [0.1, 0.15) is 24.3 Å². The Bertz CT molecular complexity index is 1100. The van der Waals surface area contributed by atoms with Crippen LogP contribution in [0.15, 0.2) is 61.2 Å². The summed E-state index contributed by atoms with van der Waals surface area (Å²) < 4.78 is 14.8. The number of nitrogen functional groups attached to an aromatic ring is 1. The molecule has 0 fully saturated rings. The predicted molar refractivity (Wildman–Crippen MR) is 111 cm³/mol. The van der Waals surface area contributed by atoms with Crippen LogP contribution in [0.5, 0.6) is 0 Å². The van der Waals surface area contributed by atoms with Gasteiger partial charge in [-0.3, -0.25) is 0 Å². The fourth-order valence-electron chi connectivity index (χ4n) is 2.85. The van der Waals surface area contributed by atoms with E-state index in [4.69, 9.17) is 5.73 Å². The van der Waals surface area contributed by atoms with Gasteiger partial charge in [0.15, 0.2) is 0 Å². The number of nitrogens with two attached hydrogens (primary N) is 1. The Morgan fingerprint density at radius 2 is 1.80 bits per heavy atom. The van der Waals surface area contributed by atoms with Gasteiger partial charge in [0.05, 0.1) is 12.2 Å². The molecule has 0 aliphatic rings. The van der Waals surface area contributed by atoms with E-state index in [1.807, 2.05) is 31.2 Å². The molecule has 1 atom stereocenters. The maximum absolute atomic E-state index is 13.1. The van der Waals surface area contributed by atoms with E-state index in [-0.39, 0.29) is 17.8 Å². The molecule has 0 saturated heterocycles. The number of rotatable bonds is 7. The third-order valence-electron chi connectivity index (χ3n) is 4.44. The summed E-state index contributed by atoms with van der Waals surface area (Å²) in [5, 5.41) is 10.5. The van der Waals surface area contributed by atoms with Crippen molar-refractivity contribution in [1.29, 1.82) is 0 Å². The average Bonchev–Trinajstić information content (AvgIpc) is 3.28. The molecule has 4 rings (SSSR count). The highest BCUT2D eigenvalue weighted by atomic mass is 19.1. The van der Waals surface area contributed by atoms with Crippen molar-refractivity contribution in [2.75, 3.05) is 11.1 Å². The average molecular weight is 405 g/mol. The number of hydrogen-bond donors (Lipinski definition) is 3. The molecule has 2 aromatic carbocycles. The number of nitrogens with zero attached hydrogens (tertiary/aromatic N) is 6. The third-order valence-corrected chi connectivity index (χ3v) is 4.44. The Balaban J connectivity index is 1.40. The zero-order valence-corrected chi connectivity index (χ0v) is 16.2. The predicted octanol–water partition coefficient (Wildman–Crippen LogP) is 2.77. The van der Waals surface area contributed by atoms with Crippen LogP contribution in [0.2, 0.25) is 0 Å². The first-order chi connectivity index (χ1) is 14.6. The minimum absolute atomic E-state index is 0.0568. The molecule has 0 aliphatic heterocycles. The second kappa shape index (κ2) is 8.62. The van der Waals surface area contributed by atoms with Crippen molar-refractivity contribution in [3.8, 4) is 5.69 Å². The highest BCUT2D eigenvalue weighted by Crippen LogP contribution is 2.17. The summed E-state index contributed by atoms with van der Waals surface area (Å²) >= 11 is 0. The molecule has 1 unspecified atom stereocenters. The summed E-state index contributed by atoms with van der Waals surface area (Å²) in [7, 11) is 0. The number of hydrogen-bond acceptors (Lipinski definition) is 8. The van der Waals surface area contributed by atoms with Crippen LogP contribution in [0.3, 0.4) is 0 Å². The van der Waals surface area contributed by atoms with E-state index < -0.39 is 0 Å². The van der Waals surface area contributed by atoms with Gasteiger partial charge in [0, 0.05) is 11.7 Å². The number of aromatic nitrogens is 6. The fraction of sp³-hybridized carbons (Fsp3) is 0.150. The van der Waals surface area contributed by atoms with Crippen LogP contribution in [0.1, 0.15) is 24.4 Å². The minimum Gasteiger partial charge on any atom is -0.368 e. The molecule has 0 radical (unpaired) electrons. The third kappa shape index (κ3) is 4.73. The van der Waals surface area contributed by atoms with Crippen LogP contribution in [0.4, 0.5) is 22.0 Å². The van der Waals surface area contributed by atoms with E-state index in [9.17, 15) is 4.39 Å². The van der Waals surface area contributed by atoms with Crippen LogP contribution >= 0.6 is 0 Å². The van der Waals surface area contributed by atoms with Crippen LogP contribution < -0.4 is 16.4 Å². The van der Waals surface area contributed by atoms with Crippen molar-refractivity contribution in [2.24, 2.45) is 0 Å². The van der Waals surface area contributed by atoms with E-state index in [0.717, 1.165) is 11.3 Å². The SMILES string of the molecule is CC(NCc1nc(N)nc(Nc2ccc(F)cc2)n1)c1ccc(-n2cncn2)cc1. The molecule has 0 saturated carbocycles. The van der Waals surface area contributed by atoms with Gasteiger partial charge in [-0.1, -0.05) is 12.1 Å². The molecule has 0 spiro atoms. The number of nitrogens with one attached hydrogen (secondary N) is 2. The van der Waals surface area contributed by atoms with Crippen molar-refractivity contribution in [1.82, 2.24) is 35.0 Å². The van der Waals surface area contributed by atoms with Gasteiger partial charge in [0.2, 0.25) is 11.9 Å². The molecular weight excluding hydrogens is 385 g/mol. The molecule has 152 valence electrons. The Kier molecular flexibility index (Phi) is 5.57. The van der Waals surface area contributed by atoms with Gasteiger partial charge in [-0.15, -0.1) is 0 Å². The molecule has 10 heteroatoms. The first-order valence-corrected chi connectivity index (χ1v) is 9.28. The first-order valence-electron chi connectivity index (χ1n) is 9.28. The largest absolute Gasteiger partial charge is 0.368 e. The summed E-state index contributed by atoms with van der Waals surface area (Å²) in [6.45, 7) is 2.45. The molecule has 4 aromatic rings. The number of anilines is 3. The van der Waals surface area contributed by atoms with Crippen molar-refractivity contribution in [3.05, 3.63) is 78.4 Å². The minimum atomic E-state index is -0.316. The summed E-state index contributed by atoms with van der Waals surface area (Å²) in [4.78, 5) is 16.6. The highest BCUT2D eigenvalue weighted by Gasteiger charge is 2.09. The van der Waals surface area contributed by atoms with Crippen LogP contribution in [-0.4, -0.2) is 29.7 Å². The Morgan fingerprint density at radius 3 is 2.50 bits per heavy atom. The Hall–Kier alpha value is -3.92. The zero-order valence-electron chi connectivity index (χ0n) is 16.2. The van der Waals surface area contributed by atoms with Gasteiger partial charge >= 0.3 is 0 Å². The topological polar surface area (TPSA) is 119 Å². The van der Waals surface area contributed by atoms with E-state index in [1.165, 1.54) is 18.5 Å². The molecule has 2 heterocycles. The molecule has 4 N–H and O–H groups in total. The number of halogens is 1. The molecular formula is C20H20FN9. The van der Waals surface area contributed by atoms with E-state index in [2.05, 4.69) is 35.7 Å². The Morgan fingerprint density at radius 1 is 1.03 bits per heavy atom. The zero-order chi connectivity index (χ0) is 20.9. The van der Waals surface area contributed by atoms with Crippen molar-refractivity contribution in [2.45, 2.75) is 19.5 Å². The molecule has 9 nitrogen and oxygen atoms in total. The maximum Gasteiger partial charge on any atom is 0.232 e. The van der Waals surface area contributed by atoms with Crippen molar-refractivity contribution in [3.63, 3.8) is 0 Å². The van der Waals surface area contributed by atoms with Crippen molar-refractivity contribution >= 4 is 17.6 Å². The molecule has 2 aromatic heterocycles. The monoisotopic (exact) mass is 405 g/mol. The lowest BCUT2D eigenvalue weighted by molar-refractivity contribution is 0.558. The standard InChI is InChI=1S/C20H20FN9/c1-13(14-2-8-17(9-3-14)30-12-23-11-25-30)24-10-18-27-19(22)29-20(28-18)26-16-6-4-15(21)5-7-16/h2-9,11-13,24H,10H2,1H3,(H3,22,26,27,28,29). The summed E-state index contributed by atoms with van der Waals surface area (Å²) in [6, 6.07) is 14.0. The second-order valence-corrected chi connectivity index (χ2v) is 6.60. The van der Waals surface area contributed by atoms with E-state index >= 15 is 0 Å². The maximum atomic E-state index is 13.1. The quantitative estimate of drug-likeness (QED) is 0.429. The van der Waals surface area contributed by atoms with Crippen LogP contribution in [-0.2, 0) is 6.54 Å². The fourth-order valence-corrected chi connectivity index (χ4v) is 2.85. The van der Waals surface area contributed by atoms with Gasteiger partial charge < -0.3 is 16.4 Å². The molecule has 0 aliphatic carbocycles. The van der Waals surface area contributed by atoms with Crippen LogP contribution in [0.25, 0.3) is 5.69 Å². The van der Waals surface area contributed by atoms with Gasteiger partial charge in [-0.2, -0.15) is 20.1 Å². The summed E-state index contributed by atoms with van der Waals surface area (Å²) in [6.07, 6.45) is 3.15. The lowest BCUT2D eigenvalue weighted by Gasteiger charge is -2.15. The lowest BCUT2D eigenvalue weighted by Crippen LogP contribution is -2.20. The molecule has 30 heavy (non-hydrogen) atoms. The second-order valence-electron chi connectivity index (χ2n) is 6.60. The molecule has 0 bridgehead atoms. The number of benzene rings is 2. The van der Waals surface area contributed by atoms with E-state index in [1.54, 1.807) is 23.1 Å². The normalized spacial score (nSPS) is 11.9. The first kappa shape index (κ1) is 19.4. The van der Waals surface area contributed by atoms with Gasteiger partial charge in [-0.05, 0) is 48.9 Å². The van der Waals surface area contributed by atoms with Gasteiger partial charge in [0.25, 0.3) is 0 Å². The lowest BCUT2D eigenvalue weighted by atomic mass is 10.1.